The van der Waals surface area contributed by atoms with Crippen molar-refractivity contribution in [2.45, 2.75) is 50.1 Å². The second-order valence-corrected chi connectivity index (χ2v) is 7.94. The molecule has 27 heavy (non-hydrogen) atoms. The average molecular weight is 362 g/mol. The van der Waals surface area contributed by atoms with E-state index in [2.05, 4.69) is 16.0 Å². The molecule has 1 unspecified atom stereocenters. The highest BCUT2D eigenvalue weighted by Gasteiger charge is 2.43. The van der Waals surface area contributed by atoms with Crippen molar-refractivity contribution in [3.63, 3.8) is 0 Å². The number of carbonyl (C=O) groups is 1. The Morgan fingerprint density at radius 1 is 1.04 bits per heavy atom. The third-order valence-corrected chi connectivity index (χ3v) is 6.38. The molecule has 0 aliphatic carbocycles. The summed E-state index contributed by atoms with van der Waals surface area (Å²) in [6, 6.07) is 15.7. The Bertz CT molecular complexity index is 963. The monoisotopic (exact) mass is 362 g/mol. The molecule has 0 saturated carbocycles. The standard InChI is InChI=1S/C23H23FN2O/c24-18-7-5-15(6-8-18)16-11-19-9-10-20(12-16)26(19)23(27)13-17-14-25-22-4-2-1-3-21(17)22/h1-8,14,16,19-20,25H,9-13H2/t16?,19-,20+. The summed E-state index contributed by atoms with van der Waals surface area (Å²) in [5.74, 6) is 0.484. The van der Waals surface area contributed by atoms with E-state index < -0.39 is 0 Å². The van der Waals surface area contributed by atoms with Gasteiger partial charge in [-0.1, -0.05) is 30.3 Å². The van der Waals surface area contributed by atoms with Gasteiger partial charge in [-0.25, -0.2) is 4.39 Å². The highest BCUT2D eigenvalue weighted by Crippen LogP contribution is 2.43. The highest BCUT2D eigenvalue weighted by atomic mass is 19.1. The summed E-state index contributed by atoms with van der Waals surface area (Å²) >= 11 is 0. The predicted molar refractivity (Wildman–Crippen MR) is 104 cm³/mol. The van der Waals surface area contributed by atoms with E-state index in [9.17, 15) is 9.18 Å². The number of halogens is 1. The van der Waals surface area contributed by atoms with Crippen LogP contribution in [0.2, 0.25) is 0 Å². The molecular formula is C23H23FN2O. The summed E-state index contributed by atoms with van der Waals surface area (Å²) < 4.78 is 13.2. The molecule has 4 heteroatoms. The quantitative estimate of drug-likeness (QED) is 0.715. The molecule has 1 N–H and O–H groups in total. The molecule has 2 aromatic carbocycles. The SMILES string of the molecule is O=C(Cc1c[nH]c2ccccc12)N1[C@@H]2CC[C@H]1CC(c1ccc(F)cc1)C2. The highest BCUT2D eigenvalue weighted by molar-refractivity contribution is 5.89. The predicted octanol–water partition coefficient (Wildman–Crippen LogP) is 4.79. The molecule has 0 spiro atoms. The fourth-order valence-electron chi connectivity index (χ4n) is 5.12. The molecule has 0 radical (unpaired) electrons. The van der Waals surface area contributed by atoms with Gasteiger partial charge < -0.3 is 9.88 Å². The maximum absolute atomic E-state index is 13.2. The minimum absolute atomic E-state index is 0.187. The first-order valence-corrected chi connectivity index (χ1v) is 9.80. The van der Waals surface area contributed by atoms with Gasteiger partial charge in [0.05, 0.1) is 6.42 Å². The Hall–Kier alpha value is -2.62. The molecular weight excluding hydrogens is 339 g/mol. The van der Waals surface area contributed by atoms with E-state index in [1.165, 1.54) is 5.56 Å². The summed E-state index contributed by atoms with van der Waals surface area (Å²) in [6.07, 6.45) is 6.57. The zero-order chi connectivity index (χ0) is 18.4. The molecule has 3 nitrogen and oxygen atoms in total. The van der Waals surface area contributed by atoms with Gasteiger partial charge >= 0.3 is 0 Å². The fourth-order valence-corrected chi connectivity index (χ4v) is 5.12. The van der Waals surface area contributed by atoms with Crippen LogP contribution < -0.4 is 0 Å². The zero-order valence-corrected chi connectivity index (χ0v) is 15.2. The van der Waals surface area contributed by atoms with Crippen molar-refractivity contribution in [3.8, 4) is 0 Å². The lowest BCUT2D eigenvalue weighted by Gasteiger charge is -2.39. The number of para-hydroxylation sites is 1. The normalized spacial score (nSPS) is 24.5. The molecule has 2 aliphatic rings. The molecule has 2 aliphatic heterocycles. The van der Waals surface area contributed by atoms with E-state index in [0.717, 1.165) is 42.1 Å². The lowest BCUT2D eigenvalue weighted by Crippen LogP contribution is -2.46. The largest absolute Gasteiger partial charge is 0.361 e. The molecule has 1 aromatic heterocycles. The Morgan fingerprint density at radius 3 is 2.48 bits per heavy atom. The summed E-state index contributed by atoms with van der Waals surface area (Å²) in [4.78, 5) is 18.5. The van der Waals surface area contributed by atoms with Gasteiger partial charge in [0.1, 0.15) is 5.82 Å². The van der Waals surface area contributed by atoms with E-state index in [1.54, 1.807) is 12.1 Å². The number of hydrogen-bond donors (Lipinski definition) is 1. The molecule has 2 bridgehead atoms. The van der Waals surface area contributed by atoms with Gasteiger partial charge in [-0.2, -0.15) is 0 Å². The Balaban J connectivity index is 1.33. The molecule has 2 fully saturated rings. The van der Waals surface area contributed by atoms with Crippen molar-refractivity contribution < 1.29 is 9.18 Å². The van der Waals surface area contributed by atoms with Crippen LogP contribution in [-0.2, 0) is 11.2 Å². The van der Waals surface area contributed by atoms with Crippen LogP contribution >= 0.6 is 0 Å². The molecule has 3 atom stereocenters. The summed E-state index contributed by atoms with van der Waals surface area (Å²) in [6.45, 7) is 0. The maximum Gasteiger partial charge on any atom is 0.227 e. The Kier molecular flexibility index (Phi) is 4.00. The van der Waals surface area contributed by atoms with E-state index in [4.69, 9.17) is 0 Å². The van der Waals surface area contributed by atoms with Crippen LogP contribution in [0.5, 0.6) is 0 Å². The van der Waals surface area contributed by atoms with E-state index >= 15 is 0 Å². The van der Waals surface area contributed by atoms with Crippen molar-refractivity contribution in [1.29, 1.82) is 0 Å². The summed E-state index contributed by atoms with van der Waals surface area (Å²) in [5.41, 5.74) is 3.37. The first-order chi connectivity index (χ1) is 13.2. The average Bonchev–Trinajstić information content (AvgIpc) is 3.20. The molecule has 138 valence electrons. The molecule has 1 amide bonds. The number of fused-ring (bicyclic) bond motifs is 3. The lowest BCUT2D eigenvalue weighted by atomic mass is 9.85. The second-order valence-electron chi connectivity index (χ2n) is 7.94. The Morgan fingerprint density at radius 2 is 1.74 bits per heavy atom. The van der Waals surface area contributed by atoms with Gasteiger partial charge in [0.2, 0.25) is 5.91 Å². The van der Waals surface area contributed by atoms with Gasteiger partial charge in [-0.3, -0.25) is 4.79 Å². The van der Waals surface area contributed by atoms with Crippen molar-refractivity contribution in [2.75, 3.05) is 0 Å². The number of H-pyrrole nitrogens is 1. The molecule has 2 saturated heterocycles. The maximum atomic E-state index is 13.2. The van der Waals surface area contributed by atoms with Crippen molar-refractivity contribution in [2.24, 2.45) is 0 Å². The smallest absolute Gasteiger partial charge is 0.227 e. The van der Waals surface area contributed by atoms with Crippen LogP contribution in [0, 0.1) is 5.82 Å². The number of aromatic amines is 1. The van der Waals surface area contributed by atoms with E-state index in [-0.39, 0.29) is 11.7 Å². The van der Waals surface area contributed by atoms with Crippen molar-refractivity contribution in [1.82, 2.24) is 9.88 Å². The summed E-state index contributed by atoms with van der Waals surface area (Å²) in [7, 11) is 0. The number of nitrogens with one attached hydrogen (secondary N) is 1. The van der Waals surface area contributed by atoms with Crippen molar-refractivity contribution >= 4 is 16.8 Å². The van der Waals surface area contributed by atoms with Gasteiger partial charge in [-0.15, -0.1) is 0 Å². The third kappa shape index (κ3) is 2.93. The van der Waals surface area contributed by atoms with Crippen LogP contribution in [-0.4, -0.2) is 27.9 Å². The van der Waals surface area contributed by atoms with Gasteiger partial charge in [0, 0.05) is 29.2 Å². The number of nitrogens with zero attached hydrogens (tertiary/aromatic N) is 1. The number of benzene rings is 2. The number of rotatable bonds is 3. The third-order valence-electron chi connectivity index (χ3n) is 6.38. The minimum atomic E-state index is -0.187. The number of carbonyl (C=O) groups excluding carboxylic acids is 1. The van der Waals surface area contributed by atoms with Crippen LogP contribution in [0.25, 0.3) is 10.9 Å². The first-order valence-electron chi connectivity index (χ1n) is 9.80. The van der Waals surface area contributed by atoms with E-state index in [0.29, 0.717) is 24.4 Å². The minimum Gasteiger partial charge on any atom is -0.361 e. The zero-order valence-electron chi connectivity index (χ0n) is 15.2. The van der Waals surface area contributed by atoms with Crippen LogP contribution in [0.3, 0.4) is 0 Å². The Labute approximate surface area is 158 Å². The molecule has 3 aromatic rings. The molecule has 5 rings (SSSR count). The summed E-state index contributed by atoms with van der Waals surface area (Å²) in [5, 5.41) is 1.14. The lowest BCUT2D eigenvalue weighted by molar-refractivity contribution is -0.135. The van der Waals surface area contributed by atoms with Crippen LogP contribution in [0.15, 0.2) is 54.7 Å². The van der Waals surface area contributed by atoms with Crippen LogP contribution in [0.4, 0.5) is 4.39 Å². The number of hydrogen-bond acceptors (Lipinski definition) is 1. The van der Waals surface area contributed by atoms with Gasteiger partial charge in [0.15, 0.2) is 0 Å². The first kappa shape index (κ1) is 16.5. The van der Waals surface area contributed by atoms with Gasteiger partial charge in [-0.05, 0) is 60.9 Å². The molecule has 3 heterocycles. The topological polar surface area (TPSA) is 36.1 Å². The number of amides is 1. The van der Waals surface area contributed by atoms with Crippen LogP contribution in [0.1, 0.15) is 42.7 Å². The van der Waals surface area contributed by atoms with Crippen molar-refractivity contribution in [3.05, 3.63) is 71.7 Å². The second kappa shape index (κ2) is 6.52. The fraction of sp³-hybridized carbons (Fsp3) is 0.348. The number of aromatic nitrogens is 1. The van der Waals surface area contributed by atoms with Gasteiger partial charge in [0.25, 0.3) is 0 Å². The number of piperidine rings is 1. The van der Waals surface area contributed by atoms with E-state index in [1.807, 2.05) is 36.5 Å².